The van der Waals surface area contributed by atoms with Gasteiger partial charge in [-0.25, -0.2) is 0 Å². The fraction of sp³-hybridized carbons (Fsp3) is 0.250. The first-order chi connectivity index (χ1) is 11.4. The number of ether oxygens (including phenoxy) is 1. The second-order valence-electron chi connectivity index (χ2n) is 5.54. The molecular formula is C16H15N3O5. The average molecular weight is 329 g/mol. The number of carbonyl (C=O) groups excluding carboxylic acids is 4. The molecule has 124 valence electrons. The lowest BCUT2D eigenvalue weighted by molar-refractivity contribution is -0.129. The minimum Gasteiger partial charge on any atom is -0.482 e. The quantitative estimate of drug-likeness (QED) is 0.525. The van der Waals surface area contributed by atoms with Gasteiger partial charge in [0.05, 0.1) is 11.6 Å². The standard InChI is InChI=1S/C16H15N3O5/c1-8-10(16(23)19-15(8)22)5-13(20)17-6-9-2-3-12-11(4-9)18-14(21)7-24-12/h2-4,10H,1,5-7H2,(H,17,20)(H,18,21)(H,19,22,23). The average Bonchev–Trinajstić information content (AvgIpc) is 2.79. The summed E-state index contributed by atoms with van der Waals surface area (Å²) >= 11 is 0. The number of benzene rings is 1. The summed E-state index contributed by atoms with van der Waals surface area (Å²) in [7, 11) is 0. The number of fused-ring (bicyclic) bond motifs is 1. The molecule has 2 aliphatic rings. The summed E-state index contributed by atoms with van der Waals surface area (Å²) in [6.07, 6.45) is -0.138. The fourth-order valence-electron chi connectivity index (χ4n) is 2.51. The molecule has 1 aromatic carbocycles. The highest BCUT2D eigenvalue weighted by atomic mass is 16.5. The Labute approximate surface area is 137 Å². The van der Waals surface area contributed by atoms with Crippen LogP contribution in [-0.2, 0) is 25.7 Å². The van der Waals surface area contributed by atoms with Crippen LogP contribution in [0.1, 0.15) is 12.0 Å². The van der Waals surface area contributed by atoms with Crippen molar-refractivity contribution >= 4 is 29.3 Å². The first kappa shape index (κ1) is 15.7. The predicted octanol–water partition coefficient (Wildman–Crippen LogP) is -0.147. The fourth-order valence-corrected chi connectivity index (χ4v) is 2.51. The van der Waals surface area contributed by atoms with E-state index in [1.54, 1.807) is 18.2 Å². The zero-order chi connectivity index (χ0) is 17.3. The van der Waals surface area contributed by atoms with Gasteiger partial charge >= 0.3 is 0 Å². The van der Waals surface area contributed by atoms with Crippen LogP contribution in [0.3, 0.4) is 0 Å². The maximum atomic E-state index is 12.0. The molecule has 0 bridgehead atoms. The van der Waals surface area contributed by atoms with E-state index in [0.717, 1.165) is 5.56 Å². The molecule has 24 heavy (non-hydrogen) atoms. The highest BCUT2D eigenvalue weighted by molar-refractivity contribution is 6.15. The maximum absolute atomic E-state index is 12.0. The van der Waals surface area contributed by atoms with Gasteiger partial charge in [0.25, 0.3) is 11.8 Å². The van der Waals surface area contributed by atoms with Gasteiger partial charge in [-0.05, 0) is 17.7 Å². The Morgan fingerprint density at radius 2 is 2.08 bits per heavy atom. The summed E-state index contributed by atoms with van der Waals surface area (Å²) < 4.78 is 5.25. The van der Waals surface area contributed by atoms with Gasteiger partial charge in [0.1, 0.15) is 5.75 Å². The van der Waals surface area contributed by atoms with Crippen LogP contribution in [0.2, 0.25) is 0 Å². The van der Waals surface area contributed by atoms with Crippen molar-refractivity contribution in [1.29, 1.82) is 0 Å². The van der Waals surface area contributed by atoms with E-state index in [0.29, 0.717) is 11.4 Å². The van der Waals surface area contributed by atoms with Gasteiger partial charge in [-0.3, -0.25) is 24.5 Å². The van der Waals surface area contributed by atoms with Gasteiger partial charge in [-0.2, -0.15) is 0 Å². The SMILES string of the molecule is C=C1C(=O)NC(=O)C1CC(=O)NCc1ccc2c(c1)NC(=O)CO2. The van der Waals surface area contributed by atoms with Crippen molar-refractivity contribution in [2.45, 2.75) is 13.0 Å². The van der Waals surface area contributed by atoms with Gasteiger partial charge in [-0.15, -0.1) is 0 Å². The number of imide groups is 1. The Kier molecular flexibility index (Phi) is 4.03. The van der Waals surface area contributed by atoms with Crippen molar-refractivity contribution in [3.05, 3.63) is 35.9 Å². The third kappa shape index (κ3) is 3.12. The lowest BCUT2D eigenvalue weighted by Crippen LogP contribution is -2.29. The van der Waals surface area contributed by atoms with Crippen molar-refractivity contribution in [2.75, 3.05) is 11.9 Å². The van der Waals surface area contributed by atoms with Crippen molar-refractivity contribution in [2.24, 2.45) is 5.92 Å². The predicted molar refractivity (Wildman–Crippen MR) is 82.8 cm³/mol. The second-order valence-corrected chi connectivity index (χ2v) is 5.54. The summed E-state index contributed by atoms with van der Waals surface area (Å²) in [5.74, 6) is -1.91. The Bertz CT molecular complexity index is 771. The molecule has 8 nitrogen and oxygen atoms in total. The normalized spacial score (nSPS) is 19.2. The minimum atomic E-state index is -0.825. The minimum absolute atomic E-state index is 0.0187. The maximum Gasteiger partial charge on any atom is 0.262 e. The van der Waals surface area contributed by atoms with Gasteiger partial charge in [-0.1, -0.05) is 12.6 Å². The van der Waals surface area contributed by atoms with Crippen molar-refractivity contribution in [1.82, 2.24) is 10.6 Å². The smallest absolute Gasteiger partial charge is 0.262 e. The lowest BCUT2D eigenvalue weighted by atomic mass is 9.99. The van der Waals surface area contributed by atoms with Crippen molar-refractivity contribution in [3.8, 4) is 5.75 Å². The van der Waals surface area contributed by atoms with Crippen molar-refractivity contribution < 1.29 is 23.9 Å². The summed E-state index contributed by atoms with van der Waals surface area (Å²) in [4.78, 5) is 46.2. The number of hydrogen-bond donors (Lipinski definition) is 3. The monoisotopic (exact) mass is 329 g/mol. The van der Waals surface area contributed by atoms with E-state index in [4.69, 9.17) is 4.74 Å². The summed E-state index contributed by atoms with van der Waals surface area (Å²) in [5.41, 5.74) is 1.41. The number of rotatable bonds is 4. The first-order valence-corrected chi connectivity index (χ1v) is 7.30. The van der Waals surface area contributed by atoms with Gasteiger partial charge < -0.3 is 15.4 Å². The zero-order valence-electron chi connectivity index (χ0n) is 12.7. The molecular weight excluding hydrogens is 314 g/mol. The van der Waals surface area contributed by atoms with Crippen LogP contribution in [0, 0.1) is 5.92 Å². The second kappa shape index (κ2) is 6.15. The van der Waals surface area contributed by atoms with Crippen LogP contribution in [0.4, 0.5) is 5.69 Å². The Hall–Kier alpha value is -3.16. The van der Waals surface area contributed by atoms with Crippen LogP contribution in [0.5, 0.6) is 5.75 Å². The molecule has 8 heteroatoms. The molecule has 1 unspecified atom stereocenters. The lowest BCUT2D eigenvalue weighted by Gasteiger charge is -2.18. The molecule has 3 N–H and O–H groups in total. The third-order valence-corrected chi connectivity index (χ3v) is 3.82. The van der Waals surface area contributed by atoms with E-state index in [1.165, 1.54) is 0 Å². The molecule has 1 fully saturated rings. The number of hydrogen-bond acceptors (Lipinski definition) is 5. The van der Waals surface area contributed by atoms with E-state index >= 15 is 0 Å². The molecule has 0 aliphatic carbocycles. The third-order valence-electron chi connectivity index (χ3n) is 3.82. The number of nitrogens with one attached hydrogen (secondary N) is 3. The molecule has 2 aliphatic heterocycles. The molecule has 2 heterocycles. The van der Waals surface area contributed by atoms with E-state index < -0.39 is 17.7 Å². The first-order valence-electron chi connectivity index (χ1n) is 7.30. The number of amides is 4. The van der Waals surface area contributed by atoms with Crippen LogP contribution in [-0.4, -0.2) is 30.2 Å². The van der Waals surface area contributed by atoms with Crippen LogP contribution in [0.25, 0.3) is 0 Å². The Balaban J connectivity index is 1.58. The Morgan fingerprint density at radius 3 is 2.79 bits per heavy atom. The van der Waals surface area contributed by atoms with E-state index in [9.17, 15) is 19.2 Å². The van der Waals surface area contributed by atoms with E-state index in [1.807, 2.05) is 0 Å². The van der Waals surface area contributed by atoms with E-state index in [2.05, 4.69) is 22.5 Å². The molecule has 1 saturated heterocycles. The molecule has 0 radical (unpaired) electrons. The van der Waals surface area contributed by atoms with Gasteiger partial charge in [0.2, 0.25) is 11.8 Å². The molecule has 3 rings (SSSR count). The molecule has 0 spiro atoms. The molecule has 4 amide bonds. The van der Waals surface area contributed by atoms with Crippen LogP contribution < -0.4 is 20.7 Å². The van der Waals surface area contributed by atoms with Gasteiger partial charge in [0.15, 0.2) is 6.61 Å². The molecule has 0 saturated carbocycles. The highest BCUT2D eigenvalue weighted by Gasteiger charge is 2.36. The number of carbonyl (C=O) groups is 4. The zero-order valence-corrected chi connectivity index (χ0v) is 12.7. The highest BCUT2D eigenvalue weighted by Crippen LogP contribution is 2.28. The number of anilines is 1. The van der Waals surface area contributed by atoms with Crippen LogP contribution in [0.15, 0.2) is 30.4 Å². The largest absolute Gasteiger partial charge is 0.482 e. The summed E-state index contributed by atoms with van der Waals surface area (Å²) in [5, 5.41) is 7.48. The summed E-state index contributed by atoms with van der Waals surface area (Å²) in [6.45, 7) is 3.73. The topological polar surface area (TPSA) is 114 Å². The Morgan fingerprint density at radius 1 is 1.29 bits per heavy atom. The molecule has 0 aromatic heterocycles. The molecule has 1 aromatic rings. The molecule has 1 atom stereocenters. The van der Waals surface area contributed by atoms with Crippen molar-refractivity contribution in [3.63, 3.8) is 0 Å². The summed E-state index contributed by atoms with van der Waals surface area (Å²) in [6, 6.07) is 5.18. The van der Waals surface area contributed by atoms with Gasteiger partial charge in [0, 0.05) is 18.5 Å². The van der Waals surface area contributed by atoms with E-state index in [-0.39, 0.29) is 37.0 Å². The van der Waals surface area contributed by atoms with Crippen LogP contribution >= 0.6 is 0 Å².